The Morgan fingerprint density at radius 3 is 2.26 bits per heavy atom. The largest absolute Gasteiger partial charge is 0.508 e. The molecular formula is C32H34N2O5. The second-order valence-electron chi connectivity index (χ2n) is 12.7. The predicted molar refractivity (Wildman–Crippen MR) is 146 cm³/mol. The lowest BCUT2D eigenvalue weighted by Crippen LogP contribution is -2.49. The SMILES string of the molecule is Cc1cc([C@H]2C3=CC[C@@H]4C(=O)N(C(C)(C)C)C(=O)[C@@H]4[C@@H]3C[C@H]3C(=O)N(c4ccccc4)C(=O)[C@@]23C)ccc1O. The summed E-state index contributed by atoms with van der Waals surface area (Å²) < 4.78 is 0. The van der Waals surface area contributed by atoms with Crippen molar-refractivity contribution in [2.24, 2.45) is 29.1 Å². The number of fused-ring (bicyclic) bond motifs is 4. The highest BCUT2D eigenvalue weighted by Gasteiger charge is 2.68. The smallest absolute Gasteiger partial charge is 0.241 e. The minimum atomic E-state index is -1.08. The molecule has 0 aromatic heterocycles. The van der Waals surface area contributed by atoms with Gasteiger partial charge >= 0.3 is 0 Å². The zero-order chi connectivity index (χ0) is 28.0. The summed E-state index contributed by atoms with van der Waals surface area (Å²) in [5, 5.41) is 10.3. The number of anilines is 1. The summed E-state index contributed by atoms with van der Waals surface area (Å²) in [6.45, 7) is 9.28. The van der Waals surface area contributed by atoms with E-state index in [0.717, 1.165) is 11.1 Å². The molecule has 2 aromatic rings. The van der Waals surface area contributed by atoms with Gasteiger partial charge in [-0.25, -0.2) is 4.90 Å². The van der Waals surface area contributed by atoms with Crippen LogP contribution in [0.15, 0.2) is 60.2 Å². The van der Waals surface area contributed by atoms with Crippen molar-refractivity contribution in [2.45, 2.75) is 58.9 Å². The number of hydrogen-bond donors (Lipinski definition) is 1. The summed E-state index contributed by atoms with van der Waals surface area (Å²) in [4.78, 5) is 58.4. The van der Waals surface area contributed by atoms with Gasteiger partial charge in [-0.1, -0.05) is 42.0 Å². The molecule has 7 nitrogen and oxygen atoms in total. The van der Waals surface area contributed by atoms with E-state index in [0.29, 0.717) is 24.1 Å². The molecule has 39 heavy (non-hydrogen) atoms. The standard InChI is InChI=1S/C32H34N2O5/c1-17-15-18(11-14-24(17)35)26-20-12-13-21-25(29(38)34(27(21)36)31(2,3)4)22(20)16-23-28(37)33(30(39)32(23,26)5)19-9-7-6-8-10-19/h6-12,14-15,21-23,25-26,35H,13,16H2,1-5H3/t21-,22+,23-,25-,26-,32+/m0/s1. The Bertz CT molecular complexity index is 1450. The predicted octanol–water partition coefficient (Wildman–Crippen LogP) is 4.73. The molecular weight excluding hydrogens is 492 g/mol. The van der Waals surface area contributed by atoms with Crippen molar-refractivity contribution in [3.8, 4) is 5.75 Å². The molecule has 0 radical (unpaired) electrons. The van der Waals surface area contributed by atoms with Gasteiger partial charge in [0.05, 0.1) is 28.9 Å². The van der Waals surface area contributed by atoms with Crippen molar-refractivity contribution in [2.75, 3.05) is 4.90 Å². The quantitative estimate of drug-likeness (QED) is 0.451. The molecule has 2 saturated heterocycles. The molecule has 202 valence electrons. The summed E-state index contributed by atoms with van der Waals surface area (Å²) >= 11 is 0. The number of amides is 4. The zero-order valence-corrected chi connectivity index (χ0v) is 23.0. The lowest BCUT2D eigenvalue weighted by atomic mass is 9.51. The second-order valence-corrected chi connectivity index (χ2v) is 12.7. The number of para-hydroxylation sites is 1. The first-order valence-electron chi connectivity index (χ1n) is 13.7. The molecule has 3 fully saturated rings. The van der Waals surface area contributed by atoms with Crippen molar-refractivity contribution in [1.29, 1.82) is 0 Å². The number of likely N-dealkylation sites (tertiary alicyclic amines) is 1. The average molecular weight is 527 g/mol. The van der Waals surface area contributed by atoms with Crippen LogP contribution in [0.25, 0.3) is 0 Å². The molecule has 2 aliphatic heterocycles. The second kappa shape index (κ2) is 8.38. The Balaban J connectivity index is 1.53. The van der Waals surface area contributed by atoms with E-state index in [2.05, 4.69) is 6.08 Å². The molecule has 2 aliphatic carbocycles. The van der Waals surface area contributed by atoms with Gasteiger partial charge in [-0.3, -0.25) is 24.1 Å². The fourth-order valence-corrected chi connectivity index (χ4v) is 7.74. The molecule has 1 N–H and O–H groups in total. The number of hydrogen-bond acceptors (Lipinski definition) is 5. The average Bonchev–Trinajstić information content (AvgIpc) is 3.26. The highest BCUT2D eigenvalue weighted by molar-refractivity contribution is 6.24. The Kier molecular flexibility index (Phi) is 5.48. The Labute approximate surface area is 228 Å². The number of imide groups is 2. The number of nitrogens with zero attached hydrogens (tertiary/aromatic N) is 2. The fraction of sp³-hybridized carbons (Fsp3) is 0.438. The topological polar surface area (TPSA) is 95.0 Å². The van der Waals surface area contributed by atoms with Gasteiger partial charge in [-0.2, -0.15) is 0 Å². The number of allylic oxidation sites excluding steroid dienone is 2. The highest BCUT2D eigenvalue weighted by Crippen LogP contribution is 2.63. The van der Waals surface area contributed by atoms with E-state index in [1.54, 1.807) is 30.3 Å². The number of phenolic OH excluding ortho intramolecular Hbond substituents is 1. The van der Waals surface area contributed by atoms with Gasteiger partial charge < -0.3 is 5.11 Å². The molecule has 1 saturated carbocycles. The van der Waals surface area contributed by atoms with Crippen molar-refractivity contribution in [1.82, 2.24) is 4.90 Å². The first-order valence-corrected chi connectivity index (χ1v) is 13.7. The lowest BCUT2D eigenvalue weighted by molar-refractivity contribution is -0.145. The number of phenols is 1. The van der Waals surface area contributed by atoms with Crippen LogP contribution in [0.1, 0.15) is 57.6 Å². The van der Waals surface area contributed by atoms with Crippen LogP contribution in [0.2, 0.25) is 0 Å². The van der Waals surface area contributed by atoms with Crippen LogP contribution >= 0.6 is 0 Å². The van der Waals surface area contributed by atoms with Gasteiger partial charge in [0.25, 0.3) is 0 Å². The van der Waals surface area contributed by atoms with Gasteiger partial charge in [-0.15, -0.1) is 0 Å². The van der Waals surface area contributed by atoms with Crippen molar-refractivity contribution in [3.05, 3.63) is 71.3 Å². The Morgan fingerprint density at radius 1 is 0.923 bits per heavy atom. The van der Waals surface area contributed by atoms with Crippen LogP contribution in [-0.2, 0) is 19.2 Å². The van der Waals surface area contributed by atoms with E-state index < -0.39 is 34.6 Å². The third kappa shape index (κ3) is 3.41. The maximum Gasteiger partial charge on any atom is 0.241 e. The number of rotatable bonds is 2. The summed E-state index contributed by atoms with van der Waals surface area (Å²) in [6, 6.07) is 14.3. The van der Waals surface area contributed by atoms with Crippen LogP contribution in [0.3, 0.4) is 0 Å². The van der Waals surface area contributed by atoms with E-state index in [-0.39, 0.29) is 35.3 Å². The highest BCUT2D eigenvalue weighted by atomic mass is 16.3. The first-order chi connectivity index (χ1) is 18.4. The summed E-state index contributed by atoms with van der Waals surface area (Å²) in [5.74, 6) is -3.20. The van der Waals surface area contributed by atoms with E-state index in [1.165, 1.54) is 9.80 Å². The zero-order valence-electron chi connectivity index (χ0n) is 23.0. The van der Waals surface area contributed by atoms with Crippen molar-refractivity contribution >= 4 is 29.3 Å². The van der Waals surface area contributed by atoms with Crippen LogP contribution in [-0.4, -0.2) is 39.2 Å². The van der Waals surface area contributed by atoms with Crippen LogP contribution < -0.4 is 4.90 Å². The van der Waals surface area contributed by atoms with Gasteiger partial charge in [0.15, 0.2) is 0 Å². The van der Waals surface area contributed by atoms with Gasteiger partial charge in [0.2, 0.25) is 23.6 Å². The third-order valence-electron chi connectivity index (χ3n) is 9.51. The molecule has 0 spiro atoms. The van der Waals surface area contributed by atoms with Gasteiger partial charge in [0.1, 0.15) is 5.75 Å². The molecule has 0 bridgehead atoms. The van der Waals surface area contributed by atoms with Crippen LogP contribution in [0, 0.1) is 36.0 Å². The van der Waals surface area contributed by atoms with E-state index >= 15 is 0 Å². The Hall–Kier alpha value is -3.74. The molecule has 7 heteroatoms. The maximum absolute atomic E-state index is 14.3. The fourth-order valence-electron chi connectivity index (χ4n) is 7.74. The first kappa shape index (κ1) is 25.5. The number of carbonyl (C=O) groups is 4. The summed E-state index contributed by atoms with van der Waals surface area (Å²) in [7, 11) is 0. The monoisotopic (exact) mass is 526 g/mol. The third-order valence-corrected chi connectivity index (χ3v) is 9.51. The molecule has 6 atom stereocenters. The lowest BCUT2D eigenvalue weighted by Gasteiger charge is -2.49. The van der Waals surface area contributed by atoms with Gasteiger partial charge in [0, 0.05) is 11.5 Å². The van der Waals surface area contributed by atoms with Crippen molar-refractivity contribution in [3.63, 3.8) is 0 Å². The van der Waals surface area contributed by atoms with E-state index in [9.17, 15) is 24.3 Å². The maximum atomic E-state index is 14.3. The number of aryl methyl sites for hydroxylation is 1. The molecule has 6 rings (SSSR count). The molecule has 4 amide bonds. The Morgan fingerprint density at radius 2 is 1.62 bits per heavy atom. The molecule has 2 heterocycles. The number of benzene rings is 2. The van der Waals surface area contributed by atoms with Crippen LogP contribution in [0.5, 0.6) is 5.75 Å². The van der Waals surface area contributed by atoms with E-state index in [4.69, 9.17) is 0 Å². The normalized spacial score (nSPS) is 32.2. The minimum absolute atomic E-state index is 0.155. The number of carbonyl (C=O) groups excluding carboxylic acids is 4. The van der Waals surface area contributed by atoms with Crippen molar-refractivity contribution < 1.29 is 24.3 Å². The van der Waals surface area contributed by atoms with Crippen LogP contribution in [0.4, 0.5) is 5.69 Å². The minimum Gasteiger partial charge on any atom is -0.508 e. The molecule has 4 aliphatic rings. The summed E-state index contributed by atoms with van der Waals surface area (Å²) in [5.41, 5.74) is 1.25. The molecule has 0 unspecified atom stereocenters. The molecule has 2 aromatic carbocycles. The van der Waals surface area contributed by atoms with E-state index in [1.807, 2.05) is 52.8 Å². The van der Waals surface area contributed by atoms with Gasteiger partial charge in [-0.05, 0) is 82.7 Å². The number of aromatic hydroxyl groups is 1. The summed E-state index contributed by atoms with van der Waals surface area (Å²) in [6.07, 6.45) is 2.81.